The van der Waals surface area contributed by atoms with Gasteiger partial charge in [0.15, 0.2) is 11.5 Å². The molecule has 0 N–H and O–H groups in total. The average molecular weight is 207 g/mol. The van der Waals surface area contributed by atoms with Gasteiger partial charge in [0.05, 0.1) is 0 Å². The monoisotopic (exact) mass is 207 g/mol. The number of aromatic nitrogens is 1. The number of alkyl halides is 1. The molecular formula is C12H14FNO. The fraction of sp³-hybridized carbons (Fsp3) is 0.417. The molecule has 0 radical (unpaired) electrons. The number of oxazole rings is 1. The van der Waals surface area contributed by atoms with E-state index in [1.54, 1.807) is 6.92 Å². The van der Waals surface area contributed by atoms with E-state index in [0.29, 0.717) is 23.0 Å². The van der Waals surface area contributed by atoms with Gasteiger partial charge in [0, 0.05) is 12.5 Å². The third-order valence-electron chi connectivity index (χ3n) is 2.51. The van der Waals surface area contributed by atoms with E-state index in [4.69, 9.17) is 4.42 Å². The van der Waals surface area contributed by atoms with E-state index in [2.05, 4.69) is 18.8 Å². The summed E-state index contributed by atoms with van der Waals surface area (Å²) in [6, 6.07) is 3.83. The molecule has 0 atom stereocenters. The van der Waals surface area contributed by atoms with Crippen molar-refractivity contribution in [3.8, 4) is 0 Å². The second kappa shape index (κ2) is 3.65. The lowest BCUT2D eigenvalue weighted by Crippen LogP contribution is -1.90. The lowest BCUT2D eigenvalue weighted by molar-refractivity contribution is 0.477. The molecule has 1 aromatic heterocycles. The van der Waals surface area contributed by atoms with Gasteiger partial charge in [-0.1, -0.05) is 13.8 Å². The van der Waals surface area contributed by atoms with E-state index >= 15 is 0 Å². The van der Waals surface area contributed by atoms with Gasteiger partial charge in [-0.15, -0.1) is 0 Å². The number of hydrogen-bond acceptors (Lipinski definition) is 2. The van der Waals surface area contributed by atoms with Crippen LogP contribution in [0.25, 0.3) is 11.1 Å². The van der Waals surface area contributed by atoms with Crippen molar-refractivity contribution in [3.05, 3.63) is 29.2 Å². The van der Waals surface area contributed by atoms with Crippen LogP contribution in [-0.4, -0.2) is 4.98 Å². The molecule has 0 bridgehead atoms. The molecular weight excluding hydrogens is 193 g/mol. The van der Waals surface area contributed by atoms with Crippen LogP contribution in [0, 0.1) is 6.92 Å². The zero-order valence-corrected chi connectivity index (χ0v) is 9.17. The van der Waals surface area contributed by atoms with Crippen LogP contribution in [0.5, 0.6) is 0 Å². The maximum atomic E-state index is 12.8. The highest BCUT2D eigenvalue weighted by molar-refractivity contribution is 5.77. The summed E-state index contributed by atoms with van der Waals surface area (Å²) in [5.41, 5.74) is 3.03. The highest BCUT2D eigenvalue weighted by atomic mass is 19.1. The maximum Gasteiger partial charge on any atom is 0.192 e. The van der Waals surface area contributed by atoms with Crippen LogP contribution < -0.4 is 0 Å². The summed E-state index contributed by atoms with van der Waals surface area (Å²) in [6.45, 7) is 5.43. The molecule has 0 saturated heterocycles. The molecule has 0 fully saturated rings. The minimum absolute atomic E-state index is 0.372. The van der Waals surface area contributed by atoms with Crippen LogP contribution in [-0.2, 0) is 6.67 Å². The summed E-state index contributed by atoms with van der Waals surface area (Å²) in [4.78, 5) is 4.23. The molecule has 1 heterocycles. The third kappa shape index (κ3) is 1.74. The number of fused-ring (bicyclic) bond motifs is 1. The van der Waals surface area contributed by atoms with E-state index in [1.165, 1.54) is 0 Å². The molecule has 2 aromatic rings. The Kier molecular flexibility index (Phi) is 2.47. The van der Waals surface area contributed by atoms with Gasteiger partial charge in [0.1, 0.15) is 12.2 Å². The normalized spacial score (nSPS) is 11.5. The fourth-order valence-electron chi connectivity index (χ4n) is 1.67. The Bertz CT molecular complexity index is 488. The van der Waals surface area contributed by atoms with Crippen molar-refractivity contribution in [2.75, 3.05) is 0 Å². The lowest BCUT2D eigenvalue weighted by Gasteiger charge is -2.06. The second-order valence-electron chi connectivity index (χ2n) is 4.05. The molecule has 1 aromatic carbocycles. The van der Waals surface area contributed by atoms with E-state index in [9.17, 15) is 4.39 Å². The highest BCUT2D eigenvalue weighted by Gasteiger charge is 2.11. The Labute approximate surface area is 88.1 Å². The van der Waals surface area contributed by atoms with Crippen LogP contribution in [0.1, 0.15) is 36.8 Å². The lowest BCUT2D eigenvalue weighted by atomic mass is 10.0. The predicted octanol–water partition coefficient (Wildman–Crippen LogP) is 3.73. The van der Waals surface area contributed by atoms with E-state index in [-0.39, 0.29) is 0 Å². The number of rotatable bonds is 2. The average Bonchev–Trinajstić information content (AvgIpc) is 2.56. The van der Waals surface area contributed by atoms with Gasteiger partial charge in [-0.05, 0) is 23.6 Å². The van der Waals surface area contributed by atoms with Crippen molar-refractivity contribution in [3.63, 3.8) is 0 Å². The van der Waals surface area contributed by atoms with E-state index < -0.39 is 6.67 Å². The molecule has 0 saturated carbocycles. The van der Waals surface area contributed by atoms with Crippen LogP contribution in [0.3, 0.4) is 0 Å². The van der Waals surface area contributed by atoms with Gasteiger partial charge in [-0.25, -0.2) is 9.37 Å². The zero-order valence-electron chi connectivity index (χ0n) is 9.17. The highest BCUT2D eigenvalue weighted by Crippen LogP contribution is 2.26. The molecule has 2 nitrogen and oxygen atoms in total. The number of hydrogen-bond donors (Lipinski definition) is 0. The SMILES string of the molecule is Cc1nc2cc(C(C)C)cc(CF)c2o1. The Morgan fingerprint density at radius 1 is 1.40 bits per heavy atom. The Morgan fingerprint density at radius 3 is 2.73 bits per heavy atom. The summed E-state index contributed by atoms with van der Waals surface area (Å²) in [5.74, 6) is 0.956. The van der Waals surface area contributed by atoms with Gasteiger partial charge in [-0.3, -0.25) is 0 Å². The van der Waals surface area contributed by atoms with Crippen molar-refractivity contribution >= 4 is 11.1 Å². The zero-order chi connectivity index (χ0) is 11.0. The smallest absolute Gasteiger partial charge is 0.192 e. The Morgan fingerprint density at radius 2 is 2.13 bits per heavy atom. The van der Waals surface area contributed by atoms with Gasteiger partial charge in [-0.2, -0.15) is 0 Å². The fourth-order valence-corrected chi connectivity index (χ4v) is 1.67. The summed E-state index contributed by atoms with van der Waals surface area (Å²) in [5, 5.41) is 0. The van der Waals surface area contributed by atoms with Crippen LogP contribution in [0.15, 0.2) is 16.5 Å². The Hall–Kier alpha value is -1.38. The number of nitrogens with zero attached hydrogens (tertiary/aromatic N) is 1. The molecule has 0 aliphatic heterocycles. The molecule has 3 heteroatoms. The summed E-state index contributed by atoms with van der Waals surface area (Å²) in [7, 11) is 0. The van der Waals surface area contributed by atoms with Gasteiger partial charge in [0.2, 0.25) is 0 Å². The minimum Gasteiger partial charge on any atom is -0.441 e. The standard InChI is InChI=1S/C12H14FNO/c1-7(2)9-4-10(6-13)12-11(5-9)14-8(3)15-12/h4-5,7H,6H2,1-3H3. The molecule has 2 rings (SSSR count). The largest absolute Gasteiger partial charge is 0.441 e. The topological polar surface area (TPSA) is 26.0 Å². The van der Waals surface area contributed by atoms with Gasteiger partial charge < -0.3 is 4.42 Å². The van der Waals surface area contributed by atoms with Crippen LogP contribution in [0.4, 0.5) is 4.39 Å². The van der Waals surface area contributed by atoms with Crippen molar-refractivity contribution in [2.45, 2.75) is 33.4 Å². The van der Waals surface area contributed by atoms with Crippen molar-refractivity contribution < 1.29 is 8.81 Å². The molecule has 15 heavy (non-hydrogen) atoms. The van der Waals surface area contributed by atoms with Gasteiger partial charge in [0.25, 0.3) is 0 Å². The summed E-state index contributed by atoms with van der Waals surface area (Å²) >= 11 is 0. The van der Waals surface area contributed by atoms with Crippen molar-refractivity contribution in [1.29, 1.82) is 0 Å². The van der Waals surface area contributed by atoms with Crippen LogP contribution >= 0.6 is 0 Å². The third-order valence-corrected chi connectivity index (χ3v) is 2.51. The molecule has 0 amide bonds. The molecule has 80 valence electrons. The first-order valence-corrected chi connectivity index (χ1v) is 5.07. The molecule has 0 spiro atoms. The summed E-state index contributed by atoms with van der Waals surface area (Å²) in [6.07, 6.45) is 0. The maximum absolute atomic E-state index is 12.8. The second-order valence-corrected chi connectivity index (χ2v) is 4.05. The Balaban J connectivity index is 2.70. The summed E-state index contributed by atoms with van der Waals surface area (Å²) < 4.78 is 18.2. The first kappa shape index (κ1) is 10.1. The van der Waals surface area contributed by atoms with E-state index in [0.717, 1.165) is 11.1 Å². The molecule has 0 aliphatic rings. The van der Waals surface area contributed by atoms with Gasteiger partial charge >= 0.3 is 0 Å². The number of halogens is 1. The van der Waals surface area contributed by atoms with E-state index in [1.807, 2.05) is 12.1 Å². The molecule has 0 unspecified atom stereocenters. The van der Waals surface area contributed by atoms with Crippen molar-refractivity contribution in [1.82, 2.24) is 4.98 Å². The first-order valence-electron chi connectivity index (χ1n) is 5.07. The first-order chi connectivity index (χ1) is 7.11. The number of benzene rings is 1. The predicted molar refractivity (Wildman–Crippen MR) is 57.6 cm³/mol. The molecule has 0 aliphatic carbocycles. The number of aryl methyl sites for hydroxylation is 1. The van der Waals surface area contributed by atoms with Crippen LogP contribution in [0.2, 0.25) is 0 Å². The minimum atomic E-state index is -0.508. The van der Waals surface area contributed by atoms with Crippen molar-refractivity contribution in [2.24, 2.45) is 0 Å². The quantitative estimate of drug-likeness (QED) is 0.749.